The second-order valence-corrected chi connectivity index (χ2v) is 7.94. The van der Waals surface area contributed by atoms with Gasteiger partial charge < -0.3 is 16.0 Å². The number of H-pyrrole nitrogens is 1. The van der Waals surface area contributed by atoms with Gasteiger partial charge in [-0.05, 0) is 31.7 Å². The maximum atomic E-state index is 6.37. The predicted octanol–water partition coefficient (Wildman–Crippen LogP) is 2.59. The summed E-state index contributed by atoms with van der Waals surface area (Å²) in [5.41, 5.74) is 9.90. The topological polar surface area (TPSA) is 99.0 Å². The fraction of sp³-hybridized carbons (Fsp3) is 0.348. The molecule has 1 aliphatic rings. The summed E-state index contributed by atoms with van der Waals surface area (Å²) in [6, 6.07) is 12.0. The Balaban J connectivity index is 1.55. The number of aromatic nitrogens is 4. The van der Waals surface area contributed by atoms with Gasteiger partial charge in [0, 0.05) is 45.0 Å². The second-order valence-electron chi connectivity index (χ2n) is 7.94. The number of anilines is 2. The summed E-state index contributed by atoms with van der Waals surface area (Å²) >= 11 is 0. The average molecular weight is 419 g/mol. The third kappa shape index (κ3) is 5.48. The molecule has 0 amide bonds. The van der Waals surface area contributed by atoms with E-state index in [0.29, 0.717) is 17.5 Å². The highest BCUT2D eigenvalue weighted by Gasteiger charge is 2.17. The number of nitrogens with two attached hydrogens (primary N) is 1. The summed E-state index contributed by atoms with van der Waals surface area (Å²) in [6.07, 6.45) is 3.87. The van der Waals surface area contributed by atoms with Crippen LogP contribution in [-0.2, 0) is 0 Å². The number of aryl methyl sites for hydroxylation is 1. The minimum atomic E-state index is 0.413. The van der Waals surface area contributed by atoms with Gasteiger partial charge in [-0.1, -0.05) is 36.4 Å². The van der Waals surface area contributed by atoms with Crippen molar-refractivity contribution in [3.05, 3.63) is 53.5 Å². The zero-order valence-corrected chi connectivity index (χ0v) is 18.2. The van der Waals surface area contributed by atoms with Crippen LogP contribution in [0.3, 0.4) is 0 Å². The number of piperazine rings is 1. The number of nitrogen functional groups attached to an aromatic ring is 1. The Bertz CT molecular complexity index is 1020. The molecule has 162 valence electrons. The molecule has 0 radical (unpaired) electrons. The van der Waals surface area contributed by atoms with Gasteiger partial charge in [-0.2, -0.15) is 5.10 Å². The number of rotatable bonds is 7. The second kappa shape index (κ2) is 9.72. The first-order valence-corrected chi connectivity index (χ1v) is 10.7. The molecule has 1 aliphatic heterocycles. The molecule has 0 bridgehead atoms. The number of benzene rings is 1. The van der Waals surface area contributed by atoms with Crippen molar-refractivity contribution in [1.29, 1.82) is 0 Å². The summed E-state index contributed by atoms with van der Waals surface area (Å²) in [7, 11) is 2.17. The highest BCUT2D eigenvalue weighted by Crippen LogP contribution is 2.30. The fourth-order valence-corrected chi connectivity index (χ4v) is 3.64. The largest absolute Gasteiger partial charge is 0.383 e. The highest BCUT2D eigenvalue weighted by molar-refractivity contribution is 5.83. The van der Waals surface area contributed by atoms with Gasteiger partial charge in [0.2, 0.25) is 0 Å². The lowest BCUT2D eigenvalue weighted by Gasteiger charge is -2.32. The van der Waals surface area contributed by atoms with E-state index in [0.717, 1.165) is 61.8 Å². The van der Waals surface area contributed by atoms with Crippen LogP contribution in [0.2, 0.25) is 0 Å². The van der Waals surface area contributed by atoms with E-state index in [1.54, 1.807) is 0 Å². The molecule has 0 saturated carbocycles. The summed E-state index contributed by atoms with van der Waals surface area (Å²) < 4.78 is 0. The molecule has 2 aromatic heterocycles. The highest BCUT2D eigenvalue weighted by atomic mass is 15.3. The molecule has 0 atom stereocenters. The minimum absolute atomic E-state index is 0.413. The van der Waals surface area contributed by atoms with Crippen molar-refractivity contribution in [2.75, 3.05) is 57.4 Å². The molecule has 1 fully saturated rings. The van der Waals surface area contributed by atoms with Crippen LogP contribution in [0.15, 0.2) is 36.4 Å². The van der Waals surface area contributed by atoms with Crippen molar-refractivity contribution in [2.24, 2.45) is 0 Å². The smallest absolute Gasteiger partial charge is 0.156 e. The van der Waals surface area contributed by atoms with E-state index < -0.39 is 0 Å². The number of aromatic amines is 1. The lowest BCUT2D eigenvalue weighted by atomic mass is 10.1. The summed E-state index contributed by atoms with van der Waals surface area (Å²) in [5.74, 6) is 1.69. The van der Waals surface area contributed by atoms with Crippen LogP contribution in [0.25, 0.3) is 23.4 Å². The molecule has 0 aliphatic carbocycles. The van der Waals surface area contributed by atoms with E-state index >= 15 is 0 Å². The van der Waals surface area contributed by atoms with Crippen LogP contribution in [0.1, 0.15) is 17.1 Å². The molecular formula is C23H30N8. The number of hydrogen-bond donors (Lipinski definition) is 3. The van der Waals surface area contributed by atoms with Gasteiger partial charge in [-0.15, -0.1) is 0 Å². The SMILES string of the molecule is Cc1cc(-c2c(N)nc(C=Cc3ccccc3)nc2NCCN2CCN(C)CC2)n[nH]1. The van der Waals surface area contributed by atoms with E-state index in [9.17, 15) is 0 Å². The molecule has 8 heteroatoms. The molecule has 4 N–H and O–H groups in total. The maximum absolute atomic E-state index is 6.37. The Morgan fingerprint density at radius 2 is 1.87 bits per heavy atom. The van der Waals surface area contributed by atoms with Crippen molar-refractivity contribution < 1.29 is 0 Å². The van der Waals surface area contributed by atoms with Crippen LogP contribution in [-0.4, -0.2) is 76.3 Å². The quantitative estimate of drug-likeness (QED) is 0.542. The van der Waals surface area contributed by atoms with Crippen molar-refractivity contribution in [2.45, 2.75) is 6.92 Å². The monoisotopic (exact) mass is 418 g/mol. The lowest BCUT2D eigenvalue weighted by Crippen LogP contribution is -2.45. The van der Waals surface area contributed by atoms with Crippen molar-refractivity contribution in [1.82, 2.24) is 30.0 Å². The van der Waals surface area contributed by atoms with Crippen LogP contribution in [0, 0.1) is 6.92 Å². The molecule has 3 heterocycles. The molecule has 8 nitrogen and oxygen atoms in total. The van der Waals surface area contributed by atoms with Crippen molar-refractivity contribution >= 4 is 23.8 Å². The third-order valence-corrected chi connectivity index (χ3v) is 5.46. The van der Waals surface area contributed by atoms with Crippen LogP contribution in [0.5, 0.6) is 0 Å². The Kier molecular flexibility index (Phi) is 6.59. The Hall–Kier alpha value is -3.23. The summed E-state index contributed by atoms with van der Waals surface area (Å²) in [6.45, 7) is 8.07. The zero-order chi connectivity index (χ0) is 21.6. The van der Waals surface area contributed by atoms with Crippen molar-refractivity contribution in [3.63, 3.8) is 0 Å². The number of likely N-dealkylation sites (N-methyl/N-ethyl adjacent to an activating group) is 1. The Morgan fingerprint density at radius 1 is 1.10 bits per heavy atom. The normalized spacial score (nSPS) is 15.5. The minimum Gasteiger partial charge on any atom is -0.383 e. The van der Waals surface area contributed by atoms with E-state index in [4.69, 9.17) is 10.7 Å². The first-order chi connectivity index (χ1) is 15.1. The fourth-order valence-electron chi connectivity index (χ4n) is 3.64. The molecular weight excluding hydrogens is 388 g/mol. The Morgan fingerprint density at radius 3 is 2.58 bits per heavy atom. The van der Waals surface area contributed by atoms with Gasteiger partial charge >= 0.3 is 0 Å². The summed E-state index contributed by atoms with van der Waals surface area (Å²) in [5, 5.41) is 10.8. The number of nitrogens with zero attached hydrogens (tertiary/aromatic N) is 5. The number of hydrogen-bond acceptors (Lipinski definition) is 7. The van der Waals surface area contributed by atoms with Gasteiger partial charge in [-0.25, -0.2) is 9.97 Å². The van der Waals surface area contributed by atoms with Crippen LogP contribution >= 0.6 is 0 Å². The zero-order valence-electron chi connectivity index (χ0n) is 18.2. The van der Waals surface area contributed by atoms with Crippen molar-refractivity contribution in [3.8, 4) is 11.3 Å². The standard InChI is InChI=1S/C23H30N8/c1-17-16-19(29-28-17)21-22(24)26-20(9-8-18-6-4-3-5-7-18)27-23(21)25-10-11-31-14-12-30(2)13-15-31/h3-9,16H,10-15H2,1-2H3,(H,28,29)(H3,24,25,26,27). The molecule has 1 saturated heterocycles. The van der Waals surface area contributed by atoms with Gasteiger partial charge in [0.05, 0.1) is 11.3 Å². The third-order valence-electron chi connectivity index (χ3n) is 5.46. The van der Waals surface area contributed by atoms with Crippen LogP contribution in [0.4, 0.5) is 11.6 Å². The lowest BCUT2D eigenvalue weighted by molar-refractivity contribution is 0.158. The molecule has 31 heavy (non-hydrogen) atoms. The predicted molar refractivity (Wildman–Crippen MR) is 127 cm³/mol. The van der Waals surface area contributed by atoms with Crippen LogP contribution < -0.4 is 11.1 Å². The molecule has 4 rings (SSSR count). The van der Waals surface area contributed by atoms with E-state index in [1.807, 2.05) is 55.5 Å². The molecule has 1 aromatic carbocycles. The van der Waals surface area contributed by atoms with E-state index in [2.05, 4.69) is 37.3 Å². The number of nitrogens with one attached hydrogen (secondary N) is 2. The first-order valence-electron chi connectivity index (χ1n) is 10.7. The Labute approximate surface area is 183 Å². The molecule has 0 unspecified atom stereocenters. The maximum Gasteiger partial charge on any atom is 0.156 e. The molecule has 3 aromatic rings. The van der Waals surface area contributed by atoms with Gasteiger partial charge in [0.15, 0.2) is 5.82 Å². The van der Waals surface area contributed by atoms with E-state index in [-0.39, 0.29) is 0 Å². The average Bonchev–Trinajstić information content (AvgIpc) is 3.20. The van der Waals surface area contributed by atoms with E-state index in [1.165, 1.54) is 0 Å². The molecule has 0 spiro atoms. The first kappa shape index (κ1) is 21.0. The van der Waals surface area contributed by atoms with Gasteiger partial charge in [0.1, 0.15) is 11.6 Å². The van der Waals surface area contributed by atoms with Gasteiger partial charge in [0.25, 0.3) is 0 Å². The van der Waals surface area contributed by atoms with Gasteiger partial charge in [-0.3, -0.25) is 10.00 Å². The summed E-state index contributed by atoms with van der Waals surface area (Å²) in [4.78, 5) is 14.1.